The van der Waals surface area contributed by atoms with Crippen molar-refractivity contribution in [1.29, 1.82) is 0 Å². The number of benzene rings is 1. The Morgan fingerprint density at radius 3 is 2.40 bits per heavy atom. The largest absolute Gasteiger partial charge is 0.341 e. The summed E-state index contributed by atoms with van der Waals surface area (Å²) in [5.41, 5.74) is 1.24. The molecule has 0 N–H and O–H groups in total. The summed E-state index contributed by atoms with van der Waals surface area (Å²) in [5, 5.41) is 0.647. The zero-order valence-corrected chi connectivity index (χ0v) is 16.7. The van der Waals surface area contributed by atoms with Crippen LogP contribution >= 0.6 is 23.5 Å². The van der Waals surface area contributed by atoms with E-state index < -0.39 is 0 Å². The highest BCUT2D eigenvalue weighted by Gasteiger charge is 2.25. The van der Waals surface area contributed by atoms with E-state index in [9.17, 15) is 9.59 Å². The Morgan fingerprint density at radius 1 is 1.08 bits per heavy atom. The van der Waals surface area contributed by atoms with Gasteiger partial charge in [-0.2, -0.15) is 23.5 Å². The van der Waals surface area contributed by atoms with Crippen molar-refractivity contribution in [1.82, 2.24) is 9.80 Å². The average molecular weight is 381 g/mol. The van der Waals surface area contributed by atoms with Gasteiger partial charge in [0.25, 0.3) is 0 Å². The lowest BCUT2D eigenvalue weighted by Gasteiger charge is -2.36. The molecular weight excluding hydrogens is 352 g/mol. The molecule has 2 aliphatic heterocycles. The number of carbonyl (C=O) groups is 2. The van der Waals surface area contributed by atoms with E-state index in [2.05, 4.69) is 26.0 Å². The highest BCUT2D eigenvalue weighted by molar-refractivity contribution is 8.00. The Hall–Kier alpha value is -1.14. The first-order valence-electron chi connectivity index (χ1n) is 8.87. The molecule has 0 saturated carbocycles. The van der Waals surface area contributed by atoms with Crippen LogP contribution in [0.3, 0.4) is 0 Å². The van der Waals surface area contributed by atoms with Crippen LogP contribution in [0.25, 0.3) is 0 Å². The molecule has 3 rings (SSSR count). The van der Waals surface area contributed by atoms with E-state index >= 15 is 0 Å². The molecule has 2 fully saturated rings. The van der Waals surface area contributed by atoms with Crippen molar-refractivity contribution >= 4 is 36.3 Å². The monoisotopic (exact) mass is 380 g/mol. The fourth-order valence-corrected chi connectivity index (χ4v) is 5.58. The van der Waals surface area contributed by atoms with Crippen LogP contribution in [0.5, 0.6) is 0 Å². The SMILES string of the molecule is CCC1SCCN(C=O)C1C.O=CN1CCSCC1c1ccccc1. The van der Waals surface area contributed by atoms with E-state index in [-0.39, 0.29) is 6.04 Å². The van der Waals surface area contributed by atoms with Gasteiger partial charge in [0.2, 0.25) is 12.8 Å². The van der Waals surface area contributed by atoms with Gasteiger partial charge in [-0.25, -0.2) is 0 Å². The topological polar surface area (TPSA) is 40.6 Å². The zero-order chi connectivity index (χ0) is 18.1. The third-order valence-electron chi connectivity index (χ3n) is 4.77. The fourth-order valence-electron chi connectivity index (χ4n) is 3.18. The number of hydrogen-bond acceptors (Lipinski definition) is 4. The first-order chi connectivity index (χ1) is 12.2. The Labute approximate surface area is 159 Å². The van der Waals surface area contributed by atoms with E-state index in [1.807, 2.05) is 51.5 Å². The van der Waals surface area contributed by atoms with E-state index in [0.717, 1.165) is 49.6 Å². The summed E-state index contributed by atoms with van der Waals surface area (Å²) in [5.74, 6) is 3.17. The molecular formula is C19H28N2O2S2. The van der Waals surface area contributed by atoms with Gasteiger partial charge in [-0.1, -0.05) is 37.3 Å². The molecule has 2 amide bonds. The van der Waals surface area contributed by atoms with Crippen LogP contribution in [0, 0.1) is 0 Å². The van der Waals surface area contributed by atoms with Gasteiger partial charge in [-0.05, 0) is 18.9 Å². The maximum atomic E-state index is 10.9. The van der Waals surface area contributed by atoms with Crippen LogP contribution in [0.1, 0.15) is 31.9 Å². The molecule has 2 aliphatic rings. The Bertz CT molecular complexity index is 529. The number of thioether (sulfide) groups is 2. The van der Waals surface area contributed by atoms with Gasteiger partial charge >= 0.3 is 0 Å². The zero-order valence-electron chi connectivity index (χ0n) is 15.0. The highest BCUT2D eigenvalue weighted by Crippen LogP contribution is 2.28. The lowest BCUT2D eigenvalue weighted by Crippen LogP contribution is -2.44. The summed E-state index contributed by atoms with van der Waals surface area (Å²) >= 11 is 3.91. The molecule has 0 aliphatic carbocycles. The van der Waals surface area contributed by atoms with Gasteiger partial charge in [-0.15, -0.1) is 0 Å². The summed E-state index contributed by atoms with van der Waals surface area (Å²) in [7, 11) is 0. The van der Waals surface area contributed by atoms with Crippen molar-refractivity contribution in [3.63, 3.8) is 0 Å². The second kappa shape index (κ2) is 10.8. The Morgan fingerprint density at radius 2 is 1.76 bits per heavy atom. The van der Waals surface area contributed by atoms with Crippen LogP contribution in [-0.2, 0) is 9.59 Å². The number of carbonyl (C=O) groups excluding carboxylic acids is 2. The van der Waals surface area contributed by atoms with Crippen molar-refractivity contribution in [3.05, 3.63) is 35.9 Å². The molecule has 25 heavy (non-hydrogen) atoms. The molecule has 138 valence electrons. The number of amides is 2. The van der Waals surface area contributed by atoms with Crippen LogP contribution in [0.4, 0.5) is 0 Å². The minimum absolute atomic E-state index is 0.271. The quantitative estimate of drug-likeness (QED) is 0.752. The van der Waals surface area contributed by atoms with Crippen molar-refractivity contribution in [3.8, 4) is 0 Å². The van der Waals surface area contributed by atoms with Gasteiger partial charge in [-0.3, -0.25) is 9.59 Å². The molecule has 4 nitrogen and oxygen atoms in total. The molecule has 0 aromatic heterocycles. The minimum Gasteiger partial charge on any atom is -0.341 e. The first kappa shape index (κ1) is 20.2. The summed E-state index contributed by atoms with van der Waals surface area (Å²) < 4.78 is 0. The first-order valence-corrected chi connectivity index (χ1v) is 11.1. The molecule has 6 heteroatoms. The third-order valence-corrected chi connectivity index (χ3v) is 7.37. The highest BCUT2D eigenvalue weighted by atomic mass is 32.2. The summed E-state index contributed by atoms with van der Waals surface area (Å²) in [4.78, 5) is 25.2. The van der Waals surface area contributed by atoms with Crippen LogP contribution in [0.2, 0.25) is 0 Å². The molecule has 3 atom stereocenters. The van der Waals surface area contributed by atoms with E-state index in [4.69, 9.17) is 0 Å². The normalized spacial score (nSPS) is 26.4. The van der Waals surface area contributed by atoms with Gasteiger partial charge < -0.3 is 9.80 Å². The van der Waals surface area contributed by atoms with E-state index in [1.54, 1.807) is 0 Å². The van der Waals surface area contributed by atoms with Crippen LogP contribution < -0.4 is 0 Å². The van der Waals surface area contributed by atoms with E-state index in [0.29, 0.717) is 11.3 Å². The van der Waals surface area contributed by atoms with Gasteiger partial charge in [0, 0.05) is 41.6 Å². The molecule has 2 heterocycles. The average Bonchev–Trinajstić information content (AvgIpc) is 2.69. The van der Waals surface area contributed by atoms with Crippen molar-refractivity contribution in [2.24, 2.45) is 0 Å². The summed E-state index contributed by atoms with van der Waals surface area (Å²) in [6, 6.07) is 10.9. The predicted octanol–water partition coefficient (Wildman–Crippen LogP) is 3.29. The maximum Gasteiger partial charge on any atom is 0.210 e. The fraction of sp³-hybridized carbons (Fsp3) is 0.579. The summed E-state index contributed by atoms with van der Waals surface area (Å²) in [6.07, 6.45) is 3.11. The molecule has 2 saturated heterocycles. The predicted molar refractivity (Wildman–Crippen MR) is 108 cm³/mol. The van der Waals surface area contributed by atoms with Crippen LogP contribution in [-0.4, -0.2) is 64.3 Å². The molecule has 0 radical (unpaired) electrons. The van der Waals surface area contributed by atoms with Gasteiger partial charge in [0.15, 0.2) is 0 Å². The second-order valence-corrected chi connectivity index (χ2v) is 8.74. The van der Waals surface area contributed by atoms with Crippen molar-refractivity contribution in [2.75, 3.05) is 30.3 Å². The maximum absolute atomic E-state index is 10.9. The number of rotatable bonds is 4. The third kappa shape index (κ3) is 5.68. The lowest BCUT2D eigenvalue weighted by atomic mass is 10.1. The van der Waals surface area contributed by atoms with E-state index in [1.165, 1.54) is 5.56 Å². The van der Waals surface area contributed by atoms with Crippen molar-refractivity contribution in [2.45, 2.75) is 37.6 Å². The standard InChI is InChI=1S/C11H13NOS.C8H15NOS/c13-9-12-6-7-14-8-11(12)10-4-2-1-3-5-10;1-3-8-7(2)9(6-10)4-5-11-8/h1-5,9,11H,6-8H2;6-8H,3-5H2,1-2H3. The molecule has 1 aromatic rings. The lowest BCUT2D eigenvalue weighted by molar-refractivity contribution is -0.120. The number of nitrogens with zero attached hydrogens (tertiary/aromatic N) is 2. The Balaban J connectivity index is 0.000000186. The molecule has 1 aromatic carbocycles. The molecule has 0 bridgehead atoms. The van der Waals surface area contributed by atoms with Gasteiger partial charge in [0.05, 0.1) is 6.04 Å². The van der Waals surface area contributed by atoms with Gasteiger partial charge in [0.1, 0.15) is 0 Å². The summed E-state index contributed by atoms with van der Waals surface area (Å²) in [6.45, 7) is 6.11. The smallest absolute Gasteiger partial charge is 0.210 e. The molecule has 0 spiro atoms. The van der Waals surface area contributed by atoms with Crippen LogP contribution in [0.15, 0.2) is 30.3 Å². The number of hydrogen-bond donors (Lipinski definition) is 0. The Kier molecular flexibility index (Phi) is 8.68. The van der Waals surface area contributed by atoms with Crippen molar-refractivity contribution < 1.29 is 9.59 Å². The second-order valence-electron chi connectivity index (χ2n) is 6.25. The molecule has 3 unspecified atom stereocenters. The minimum atomic E-state index is 0.271.